The van der Waals surface area contributed by atoms with Crippen molar-refractivity contribution in [2.45, 2.75) is 25.4 Å². The molecule has 1 aromatic carbocycles. The molecule has 1 N–H and O–H groups in total. The van der Waals surface area contributed by atoms with Gasteiger partial charge in [-0.1, -0.05) is 12.1 Å². The van der Waals surface area contributed by atoms with Crippen LogP contribution in [0.15, 0.2) is 30.6 Å². The molecule has 1 saturated carbocycles. The summed E-state index contributed by atoms with van der Waals surface area (Å²) in [7, 11) is 1.95. The number of carbonyl (C=O) groups is 1. The van der Waals surface area contributed by atoms with Gasteiger partial charge in [0.15, 0.2) is 5.67 Å². The highest BCUT2D eigenvalue weighted by atomic mass is 19.1. The van der Waals surface area contributed by atoms with Crippen LogP contribution in [0, 0.1) is 6.92 Å². The number of fused-ring (bicyclic) bond motifs is 1. The highest BCUT2D eigenvalue weighted by Crippen LogP contribution is 2.40. The molecular weight excluding hydrogens is 309 g/mol. The van der Waals surface area contributed by atoms with Crippen molar-refractivity contribution in [2.75, 3.05) is 5.32 Å². The van der Waals surface area contributed by atoms with Crippen molar-refractivity contribution < 1.29 is 9.18 Å². The second kappa shape index (κ2) is 5.09. The number of anilines is 1. The minimum absolute atomic E-state index is 0.120. The molecule has 0 atom stereocenters. The third-order valence-electron chi connectivity index (χ3n) is 4.42. The monoisotopic (exact) mass is 325 g/mol. The number of hydrogen-bond donors (Lipinski definition) is 1. The van der Waals surface area contributed by atoms with Gasteiger partial charge >= 0.3 is 0 Å². The minimum atomic E-state index is -1.74. The Morgan fingerprint density at radius 3 is 2.75 bits per heavy atom. The molecule has 0 aliphatic heterocycles. The molecule has 1 aliphatic rings. The maximum atomic E-state index is 13.7. The van der Waals surface area contributed by atoms with Gasteiger partial charge in [-0.15, -0.1) is 0 Å². The average molecular weight is 325 g/mol. The van der Waals surface area contributed by atoms with Crippen LogP contribution >= 0.6 is 0 Å². The van der Waals surface area contributed by atoms with Gasteiger partial charge in [0.05, 0.1) is 17.4 Å². The molecule has 1 fully saturated rings. The minimum Gasteiger partial charge on any atom is -0.331 e. The van der Waals surface area contributed by atoms with Gasteiger partial charge in [-0.25, -0.2) is 19.3 Å². The van der Waals surface area contributed by atoms with Gasteiger partial charge < -0.3 is 4.57 Å². The van der Waals surface area contributed by atoms with E-state index >= 15 is 0 Å². The number of alkyl halides is 1. The molecule has 3 aromatic rings. The fourth-order valence-corrected chi connectivity index (χ4v) is 2.56. The number of carbonyl (C=O) groups excluding carboxylic acids is 1. The Kier molecular flexibility index (Phi) is 3.13. The van der Waals surface area contributed by atoms with Crippen molar-refractivity contribution in [2.24, 2.45) is 7.05 Å². The third-order valence-corrected chi connectivity index (χ3v) is 4.42. The number of rotatable bonds is 3. The maximum Gasteiger partial charge on any atom is 0.264 e. The van der Waals surface area contributed by atoms with Crippen LogP contribution in [-0.2, 0) is 11.8 Å². The van der Waals surface area contributed by atoms with E-state index in [1.165, 1.54) is 0 Å². The number of nitrogens with one attached hydrogen (secondary N) is 1. The number of nitrogens with zero attached hydrogens (tertiary/aromatic N) is 4. The van der Waals surface area contributed by atoms with Crippen molar-refractivity contribution >= 4 is 22.8 Å². The van der Waals surface area contributed by atoms with Gasteiger partial charge in [-0.2, -0.15) is 0 Å². The largest absolute Gasteiger partial charge is 0.331 e. The normalized spacial score (nSPS) is 15.5. The lowest BCUT2D eigenvalue weighted by molar-refractivity contribution is -0.122. The fourth-order valence-electron chi connectivity index (χ4n) is 2.56. The van der Waals surface area contributed by atoms with Crippen LogP contribution < -0.4 is 5.32 Å². The van der Waals surface area contributed by atoms with Gasteiger partial charge in [-0.3, -0.25) is 10.1 Å². The second-order valence-electron chi connectivity index (χ2n) is 6.14. The summed E-state index contributed by atoms with van der Waals surface area (Å²) in [5.41, 5.74) is 0.872. The summed E-state index contributed by atoms with van der Waals surface area (Å²) in [5, 5.41) is 3.30. The zero-order valence-corrected chi connectivity index (χ0v) is 13.4. The first-order chi connectivity index (χ1) is 11.5. The zero-order chi connectivity index (χ0) is 16.9. The fraction of sp³-hybridized carbons (Fsp3) is 0.294. The summed E-state index contributed by atoms with van der Waals surface area (Å²) in [6.07, 6.45) is 3.95. The Labute approximate surface area is 137 Å². The van der Waals surface area contributed by atoms with Crippen molar-refractivity contribution in [3.63, 3.8) is 0 Å². The predicted molar refractivity (Wildman–Crippen MR) is 88.2 cm³/mol. The maximum absolute atomic E-state index is 13.7. The molecule has 0 spiro atoms. The summed E-state index contributed by atoms with van der Waals surface area (Å²) in [4.78, 5) is 24.5. The molecule has 0 bridgehead atoms. The molecule has 1 amide bonds. The van der Waals surface area contributed by atoms with E-state index in [0.717, 1.165) is 22.5 Å². The predicted octanol–water partition coefficient (Wildman–Crippen LogP) is 2.78. The molecule has 2 heterocycles. The summed E-state index contributed by atoms with van der Waals surface area (Å²) in [6, 6.07) is 5.79. The van der Waals surface area contributed by atoms with Gasteiger partial charge in [0.25, 0.3) is 5.91 Å². The van der Waals surface area contributed by atoms with Gasteiger partial charge in [0.1, 0.15) is 5.82 Å². The van der Waals surface area contributed by atoms with Crippen LogP contribution in [0.1, 0.15) is 18.7 Å². The highest BCUT2D eigenvalue weighted by molar-refractivity contribution is 5.98. The SMILES string of the molecule is Cc1ncc(-c2ccc3cnc(NC(=O)C4(F)CC4)nc3c2)n1C. The number of halogens is 1. The van der Waals surface area contributed by atoms with Gasteiger partial charge in [0.2, 0.25) is 5.95 Å². The van der Waals surface area contributed by atoms with E-state index in [9.17, 15) is 9.18 Å². The number of imidazole rings is 1. The Hall–Kier alpha value is -2.83. The molecule has 2 aromatic heterocycles. The second-order valence-corrected chi connectivity index (χ2v) is 6.14. The zero-order valence-electron chi connectivity index (χ0n) is 13.4. The number of aromatic nitrogens is 4. The lowest BCUT2D eigenvalue weighted by Gasteiger charge is -2.08. The molecule has 0 radical (unpaired) electrons. The molecule has 24 heavy (non-hydrogen) atoms. The first kappa shape index (κ1) is 14.7. The third kappa shape index (κ3) is 2.42. The summed E-state index contributed by atoms with van der Waals surface area (Å²) in [5.74, 6) is 0.369. The number of benzene rings is 1. The Morgan fingerprint density at radius 2 is 2.08 bits per heavy atom. The molecule has 7 heteroatoms. The lowest BCUT2D eigenvalue weighted by atomic mass is 10.1. The van der Waals surface area contributed by atoms with Crippen LogP contribution in [0.5, 0.6) is 0 Å². The average Bonchev–Trinajstić information content (AvgIpc) is 3.24. The van der Waals surface area contributed by atoms with Crippen molar-refractivity contribution in [3.8, 4) is 11.3 Å². The van der Waals surface area contributed by atoms with E-state index in [-0.39, 0.29) is 18.8 Å². The standard InChI is InChI=1S/C17H16FN5O/c1-10-19-9-14(23(10)2)11-3-4-12-8-20-16(21-13(12)7-11)22-15(24)17(18)5-6-17/h3-4,7-9H,5-6H2,1-2H3,(H,20,21,22,24). The first-order valence-corrected chi connectivity index (χ1v) is 7.72. The van der Waals surface area contributed by atoms with Crippen LogP contribution in [-0.4, -0.2) is 31.1 Å². The van der Waals surface area contributed by atoms with Crippen molar-refractivity contribution in [1.29, 1.82) is 0 Å². The highest BCUT2D eigenvalue weighted by Gasteiger charge is 2.51. The summed E-state index contributed by atoms with van der Waals surface area (Å²) < 4.78 is 15.7. The van der Waals surface area contributed by atoms with Crippen LogP contribution in [0.4, 0.5) is 10.3 Å². The molecular formula is C17H16FN5O. The quantitative estimate of drug-likeness (QED) is 0.803. The topological polar surface area (TPSA) is 72.7 Å². The Bertz CT molecular complexity index is 961. The van der Waals surface area contributed by atoms with Crippen LogP contribution in [0.2, 0.25) is 0 Å². The van der Waals surface area contributed by atoms with Gasteiger partial charge in [0, 0.05) is 24.2 Å². The molecule has 4 rings (SSSR count). The van der Waals surface area contributed by atoms with Crippen molar-refractivity contribution in [3.05, 3.63) is 36.4 Å². The lowest BCUT2D eigenvalue weighted by Crippen LogP contribution is -2.26. The van der Waals surface area contributed by atoms with E-state index in [4.69, 9.17) is 0 Å². The first-order valence-electron chi connectivity index (χ1n) is 7.72. The van der Waals surface area contributed by atoms with Crippen molar-refractivity contribution in [1.82, 2.24) is 19.5 Å². The Morgan fingerprint density at radius 1 is 1.29 bits per heavy atom. The molecule has 0 saturated heterocycles. The van der Waals surface area contributed by atoms with E-state index in [1.54, 1.807) is 12.4 Å². The van der Waals surface area contributed by atoms with E-state index < -0.39 is 11.6 Å². The Balaban J connectivity index is 1.70. The number of amides is 1. The summed E-state index contributed by atoms with van der Waals surface area (Å²) >= 11 is 0. The molecule has 0 unspecified atom stereocenters. The molecule has 6 nitrogen and oxygen atoms in total. The summed E-state index contributed by atoms with van der Waals surface area (Å²) in [6.45, 7) is 1.94. The molecule has 122 valence electrons. The molecule has 1 aliphatic carbocycles. The van der Waals surface area contributed by atoms with Gasteiger partial charge in [-0.05, 0) is 25.8 Å². The van der Waals surface area contributed by atoms with E-state index in [0.29, 0.717) is 5.52 Å². The van der Waals surface area contributed by atoms with Crippen LogP contribution in [0.25, 0.3) is 22.2 Å². The van der Waals surface area contributed by atoms with E-state index in [2.05, 4.69) is 20.3 Å². The van der Waals surface area contributed by atoms with E-state index in [1.807, 2.05) is 36.7 Å². The number of hydrogen-bond acceptors (Lipinski definition) is 4. The number of aryl methyl sites for hydroxylation is 1. The van der Waals surface area contributed by atoms with Crippen LogP contribution in [0.3, 0.4) is 0 Å². The smallest absolute Gasteiger partial charge is 0.264 e.